The summed E-state index contributed by atoms with van der Waals surface area (Å²) in [5.74, 6) is 0. The number of nitrogens with one attached hydrogen (secondary N) is 1. The van der Waals surface area contributed by atoms with E-state index in [1.54, 1.807) is 27.1 Å². The molecular weight excluding hydrogens is 284 g/mol. The van der Waals surface area contributed by atoms with Crippen LogP contribution in [0.2, 0.25) is 5.02 Å². The van der Waals surface area contributed by atoms with Gasteiger partial charge >= 0.3 is 0 Å². The van der Waals surface area contributed by atoms with E-state index in [0.717, 1.165) is 5.56 Å². The molecule has 0 aliphatic rings. The Morgan fingerprint density at radius 2 is 1.89 bits per heavy atom. The normalized spacial score (nSPS) is 15.5. The number of rotatable bonds is 6. The predicted octanol–water partition coefficient (Wildman–Crippen LogP) is 2.27. The molecule has 2 atom stereocenters. The standard InChI is InChI=1S/C13H21ClN2O2S/c1-10(9-15-3)19(17,18)16(4)11(2)12-7-5-6-8-13(12)14/h5-8,10-11,15H,9H2,1-4H3. The highest BCUT2D eigenvalue weighted by Crippen LogP contribution is 2.28. The van der Waals surface area contributed by atoms with Crippen LogP contribution in [0.15, 0.2) is 24.3 Å². The van der Waals surface area contributed by atoms with Gasteiger partial charge in [-0.15, -0.1) is 0 Å². The van der Waals surface area contributed by atoms with Gasteiger partial charge in [-0.2, -0.15) is 4.31 Å². The van der Waals surface area contributed by atoms with E-state index < -0.39 is 15.3 Å². The van der Waals surface area contributed by atoms with E-state index in [4.69, 9.17) is 11.6 Å². The van der Waals surface area contributed by atoms with Gasteiger partial charge in [-0.25, -0.2) is 8.42 Å². The molecule has 19 heavy (non-hydrogen) atoms. The molecule has 1 N–H and O–H groups in total. The number of hydrogen-bond donors (Lipinski definition) is 1. The average molecular weight is 305 g/mol. The zero-order valence-electron chi connectivity index (χ0n) is 11.7. The lowest BCUT2D eigenvalue weighted by molar-refractivity contribution is 0.391. The lowest BCUT2D eigenvalue weighted by atomic mass is 10.1. The smallest absolute Gasteiger partial charge is 0.218 e. The van der Waals surface area contributed by atoms with Gasteiger partial charge in [-0.05, 0) is 32.5 Å². The van der Waals surface area contributed by atoms with Crippen LogP contribution in [-0.4, -0.2) is 38.6 Å². The summed E-state index contributed by atoms with van der Waals surface area (Å²) in [6, 6.07) is 7.01. The van der Waals surface area contributed by atoms with E-state index in [-0.39, 0.29) is 6.04 Å². The van der Waals surface area contributed by atoms with Gasteiger partial charge in [0.05, 0.1) is 5.25 Å². The Balaban J connectivity index is 3.00. The number of nitrogens with zero attached hydrogens (tertiary/aromatic N) is 1. The largest absolute Gasteiger partial charge is 0.318 e. The van der Waals surface area contributed by atoms with Crippen LogP contribution in [0.3, 0.4) is 0 Å². The molecule has 2 unspecified atom stereocenters. The highest BCUT2D eigenvalue weighted by Gasteiger charge is 2.30. The summed E-state index contributed by atoms with van der Waals surface area (Å²) >= 11 is 6.12. The molecule has 4 nitrogen and oxygen atoms in total. The maximum atomic E-state index is 12.4. The summed E-state index contributed by atoms with van der Waals surface area (Å²) in [7, 11) is -0.0207. The molecule has 1 aromatic carbocycles. The number of benzene rings is 1. The summed E-state index contributed by atoms with van der Waals surface area (Å²) in [6.45, 7) is 3.95. The fourth-order valence-electron chi connectivity index (χ4n) is 1.91. The molecule has 0 aliphatic heterocycles. The van der Waals surface area contributed by atoms with E-state index in [1.165, 1.54) is 4.31 Å². The van der Waals surface area contributed by atoms with E-state index in [0.29, 0.717) is 11.6 Å². The Kier molecular flexibility index (Phi) is 5.80. The second-order valence-electron chi connectivity index (χ2n) is 4.63. The van der Waals surface area contributed by atoms with E-state index in [1.807, 2.05) is 25.1 Å². The molecule has 0 radical (unpaired) electrons. The van der Waals surface area contributed by atoms with Crippen molar-refractivity contribution in [1.29, 1.82) is 0 Å². The molecular formula is C13H21ClN2O2S. The SMILES string of the molecule is CNCC(C)S(=O)(=O)N(C)C(C)c1ccccc1Cl. The quantitative estimate of drug-likeness (QED) is 0.877. The molecule has 0 heterocycles. The summed E-state index contributed by atoms with van der Waals surface area (Å²) in [5.41, 5.74) is 0.812. The minimum absolute atomic E-state index is 0.294. The van der Waals surface area contributed by atoms with Crippen LogP contribution in [0, 0.1) is 0 Å². The van der Waals surface area contributed by atoms with Gasteiger partial charge < -0.3 is 5.32 Å². The van der Waals surface area contributed by atoms with Gasteiger partial charge in [0, 0.05) is 24.7 Å². The number of sulfonamides is 1. The van der Waals surface area contributed by atoms with Gasteiger partial charge in [0.1, 0.15) is 0 Å². The third kappa shape index (κ3) is 3.69. The summed E-state index contributed by atoms with van der Waals surface area (Å²) < 4.78 is 26.2. The maximum Gasteiger partial charge on any atom is 0.218 e. The van der Waals surface area contributed by atoms with Crippen molar-refractivity contribution in [3.05, 3.63) is 34.9 Å². The lowest BCUT2D eigenvalue weighted by Gasteiger charge is -2.28. The van der Waals surface area contributed by atoms with Gasteiger partial charge in [-0.3, -0.25) is 0 Å². The Morgan fingerprint density at radius 1 is 1.32 bits per heavy atom. The van der Waals surface area contributed by atoms with Crippen LogP contribution in [0.4, 0.5) is 0 Å². The number of halogens is 1. The van der Waals surface area contributed by atoms with E-state index >= 15 is 0 Å². The first-order chi connectivity index (χ1) is 8.82. The van der Waals surface area contributed by atoms with Gasteiger partial charge in [0.15, 0.2) is 0 Å². The average Bonchev–Trinajstić information content (AvgIpc) is 2.37. The zero-order chi connectivity index (χ0) is 14.6. The van der Waals surface area contributed by atoms with Crippen LogP contribution in [-0.2, 0) is 10.0 Å². The highest BCUT2D eigenvalue weighted by molar-refractivity contribution is 7.89. The molecule has 0 fully saturated rings. The highest BCUT2D eigenvalue weighted by atomic mass is 35.5. The molecule has 1 rings (SSSR count). The molecule has 0 aliphatic carbocycles. The molecule has 0 aromatic heterocycles. The van der Waals surface area contributed by atoms with Crippen LogP contribution in [0.1, 0.15) is 25.5 Å². The Hall–Kier alpha value is -0.620. The topological polar surface area (TPSA) is 49.4 Å². The van der Waals surface area contributed by atoms with Crippen molar-refractivity contribution < 1.29 is 8.42 Å². The Labute approximate surface area is 120 Å². The van der Waals surface area contributed by atoms with E-state index in [2.05, 4.69) is 5.32 Å². The fourth-order valence-corrected chi connectivity index (χ4v) is 3.70. The van der Waals surface area contributed by atoms with Gasteiger partial charge in [-0.1, -0.05) is 29.8 Å². The minimum atomic E-state index is -3.35. The third-order valence-electron chi connectivity index (χ3n) is 3.30. The van der Waals surface area contributed by atoms with Crippen molar-refractivity contribution in [2.24, 2.45) is 0 Å². The van der Waals surface area contributed by atoms with Crippen molar-refractivity contribution in [3.63, 3.8) is 0 Å². The number of hydrogen-bond acceptors (Lipinski definition) is 3. The summed E-state index contributed by atoms with van der Waals surface area (Å²) in [6.07, 6.45) is 0. The third-order valence-corrected chi connectivity index (χ3v) is 5.95. The van der Waals surface area contributed by atoms with E-state index in [9.17, 15) is 8.42 Å². The Bertz CT molecular complexity index is 519. The molecule has 0 bridgehead atoms. The van der Waals surface area contributed by atoms with Crippen molar-refractivity contribution in [1.82, 2.24) is 9.62 Å². The maximum absolute atomic E-state index is 12.4. The van der Waals surface area contributed by atoms with Crippen molar-refractivity contribution >= 4 is 21.6 Å². The predicted molar refractivity (Wildman–Crippen MR) is 79.9 cm³/mol. The second-order valence-corrected chi connectivity index (χ2v) is 7.44. The molecule has 108 valence electrons. The van der Waals surface area contributed by atoms with Crippen molar-refractivity contribution in [3.8, 4) is 0 Å². The first kappa shape index (κ1) is 16.4. The fraction of sp³-hybridized carbons (Fsp3) is 0.538. The Morgan fingerprint density at radius 3 is 2.42 bits per heavy atom. The first-order valence-corrected chi connectivity index (χ1v) is 8.06. The van der Waals surface area contributed by atoms with Gasteiger partial charge in [0.2, 0.25) is 10.0 Å². The summed E-state index contributed by atoms with van der Waals surface area (Å²) in [5, 5.41) is 2.99. The minimum Gasteiger partial charge on any atom is -0.318 e. The molecule has 0 saturated carbocycles. The second kappa shape index (κ2) is 6.70. The van der Waals surface area contributed by atoms with Crippen LogP contribution in [0.25, 0.3) is 0 Å². The van der Waals surface area contributed by atoms with Crippen molar-refractivity contribution in [2.75, 3.05) is 20.6 Å². The molecule has 0 spiro atoms. The zero-order valence-corrected chi connectivity index (χ0v) is 13.3. The van der Waals surface area contributed by atoms with Crippen molar-refractivity contribution in [2.45, 2.75) is 25.1 Å². The van der Waals surface area contributed by atoms with Crippen LogP contribution < -0.4 is 5.32 Å². The van der Waals surface area contributed by atoms with Gasteiger partial charge in [0.25, 0.3) is 0 Å². The lowest BCUT2D eigenvalue weighted by Crippen LogP contribution is -2.40. The monoisotopic (exact) mass is 304 g/mol. The first-order valence-electron chi connectivity index (χ1n) is 6.18. The molecule has 0 saturated heterocycles. The summed E-state index contributed by atoms with van der Waals surface area (Å²) in [4.78, 5) is 0. The molecule has 0 amide bonds. The molecule has 1 aromatic rings. The van der Waals surface area contributed by atoms with Crippen LogP contribution >= 0.6 is 11.6 Å². The molecule has 6 heteroatoms. The van der Waals surface area contributed by atoms with Crippen LogP contribution in [0.5, 0.6) is 0 Å².